The lowest BCUT2D eigenvalue weighted by Gasteiger charge is -2.33. The molecule has 3 aromatic carbocycles. The third-order valence-corrected chi connectivity index (χ3v) is 7.80. The van der Waals surface area contributed by atoms with Gasteiger partial charge in [0.1, 0.15) is 6.54 Å². The van der Waals surface area contributed by atoms with Crippen LogP contribution in [-0.4, -0.2) is 30.0 Å². The standard InChI is InChI=1S/C27H25N3O3S/c1-17-7-6-8-20(13-17)28-24(31)15-29-23-10-5-4-9-22(23)27(26(29)33)30(25(32)16-34-27)21-12-11-18(2)19(3)14-21/h4-14H,15-16H2,1-3H3,(H,28,31). The molecule has 0 aliphatic carbocycles. The number of nitrogens with zero attached hydrogens (tertiary/aromatic N) is 2. The molecule has 3 amide bonds. The molecule has 2 heterocycles. The number of benzene rings is 3. The Morgan fingerprint density at radius 3 is 2.53 bits per heavy atom. The molecule has 7 heteroatoms. The highest BCUT2D eigenvalue weighted by Gasteiger charge is 2.61. The number of amides is 3. The Labute approximate surface area is 202 Å². The molecule has 34 heavy (non-hydrogen) atoms. The first kappa shape index (κ1) is 22.2. The van der Waals surface area contributed by atoms with E-state index in [4.69, 9.17) is 0 Å². The van der Waals surface area contributed by atoms with Crippen LogP contribution >= 0.6 is 11.8 Å². The van der Waals surface area contributed by atoms with Crippen LogP contribution in [0, 0.1) is 20.8 Å². The number of thioether (sulfide) groups is 1. The van der Waals surface area contributed by atoms with Crippen LogP contribution in [-0.2, 0) is 19.3 Å². The van der Waals surface area contributed by atoms with E-state index in [1.54, 1.807) is 4.90 Å². The van der Waals surface area contributed by atoms with E-state index in [1.165, 1.54) is 16.7 Å². The van der Waals surface area contributed by atoms with Crippen molar-refractivity contribution >= 4 is 46.5 Å². The maximum atomic E-state index is 14.0. The summed E-state index contributed by atoms with van der Waals surface area (Å²) in [5.74, 6) is -0.501. The van der Waals surface area contributed by atoms with Crippen molar-refractivity contribution in [2.75, 3.05) is 27.4 Å². The van der Waals surface area contributed by atoms with Crippen molar-refractivity contribution in [3.8, 4) is 0 Å². The molecule has 0 aromatic heterocycles. The quantitative estimate of drug-likeness (QED) is 0.607. The summed E-state index contributed by atoms with van der Waals surface area (Å²) >= 11 is 1.31. The predicted octanol–water partition coefficient (Wildman–Crippen LogP) is 4.53. The van der Waals surface area contributed by atoms with Gasteiger partial charge in [-0.2, -0.15) is 0 Å². The number of aryl methyl sites for hydroxylation is 3. The molecule has 0 radical (unpaired) electrons. The fourth-order valence-electron chi connectivity index (χ4n) is 4.64. The van der Waals surface area contributed by atoms with Crippen molar-refractivity contribution in [2.45, 2.75) is 25.6 Å². The topological polar surface area (TPSA) is 69.7 Å². The highest BCUT2D eigenvalue weighted by Crippen LogP contribution is 2.55. The highest BCUT2D eigenvalue weighted by atomic mass is 32.2. The van der Waals surface area contributed by atoms with Crippen LogP contribution in [0.15, 0.2) is 66.7 Å². The monoisotopic (exact) mass is 471 g/mol. The third-order valence-electron chi connectivity index (χ3n) is 6.42. The zero-order valence-corrected chi connectivity index (χ0v) is 20.1. The minimum absolute atomic E-state index is 0.123. The zero-order chi connectivity index (χ0) is 24.0. The maximum absolute atomic E-state index is 14.0. The molecule has 5 rings (SSSR count). The number of hydrogen-bond donors (Lipinski definition) is 1. The first-order valence-electron chi connectivity index (χ1n) is 11.1. The largest absolute Gasteiger partial charge is 0.325 e. The Morgan fingerprint density at radius 1 is 0.971 bits per heavy atom. The van der Waals surface area contributed by atoms with Gasteiger partial charge < -0.3 is 5.32 Å². The number of nitrogens with one attached hydrogen (secondary N) is 1. The second-order valence-electron chi connectivity index (χ2n) is 8.76. The first-order valence-corrected chi connectivity index (χ1v) is 12.1. The van der Waals surface area contributed by atoms with Gasteiger partial charge in [-0.3, -0.25) is 24.2 Å². The molecule has 0 saturated carbocycles. The third kappa shape index (κ3) is 3.47. The molecule has 1 fully saturated rings. The van der Waals surface area contributed by atoms with Gasteiger partial charge in [0, 0.05) is 16.9 Å². The number of rotatable bonds is 4. The van der Waals surface area contributed by atoms with Gasteiger partial charge in [-0.15, -0.1) is 11.8 Å². The summed E-state index contributed by atoms with van der Waals surface area (Å²) in [6.45, 7) is 5.82. The molecular weight excluding hydrogens is 446 g/mol. The summed E-state index contributed by atoms with van der Waals surface area (Å²) in [6, 6.07) is 20.8. The van der Waals surface area contributed by atoms with Crippen molar-refractivity contribution in [3.05, 3.63) is 89.0 Å². The van der Waals surface area contributed by atoms with Gasteiger partial charge in [-0.25, -0.2) is 0 Å². The molecule has 1 atom stereocenters. The summed E-state index contributed by atoms with van der Waals surface area (Å²) in [6.07, 6.45) is 0. The molecule has 1 N–H and O–H groups in total. The van der Waals surface area contributed by atoms with Gasteiger partial charge >= 0.3 is 0 Å². The minimum Gasteiger partial charge on any atom is -0.325 e. The van der Waals surface area contributed by atoms with E-state index in [0.29, 0.717) is 17.1 Å². The molecule has 2 aliphatic rings. The van der Waals surface area contributed by atoms with Gasteiger partial charge in [0.05, 0.1) is 11.4 Å². The minimum atomic E-state index is -1.22. The van der Waals surface area contributed by atoms with E-state index in [-0.39, 0.29) is 30.0 Å². The van der Waals surface area contributed by atoms with Crippen LogP contribution in [0.25, 0.3) is 0 Å². The number of fused-ring (bicyclic) bond motifs is 2. The molecule has 1 saturated heterocycles. The summed E-state index contributed by atoms with van der Waals surface area (Å²) in [5.41, 5.74) is 5.95. The maximum Gasteiger partial charge on any atom is 0.269 e. The number of carbonyl (C=O) groups is 3. The average Bonchev–Trinajstić information content (AvgIpc) is 3.27. The zero-order valence-electron chi connectivity index (χ0n) is 19.3. The molecule has 0 bridgehead atoms. The van der Waals surface area contributed by atoms with E-state index >= 15 is 0 Å². The second kappa shape index (κ2) is 8.33. The molecule has 6 nitrogen and oxygen atoms in total. The second-order valence-corrected chi connectivity index (χ2v) is 9.92. The van der Waals surface area contributed by atoms with E-state index in [1.807, 2.05) is 87.5 Å². The molecular formula is C27H25N3O3S. The Kier molecular flexibility index (Phi) is 5.44. The SMILES string of the molecule is Cc1cccc(NC(=O)CN2C(=O)C3(SCC(=O)N3c3ccc(C)c(C)c3)c3ccccc32)c1. The van der Waals surface area contributed by atoms with Crippen LogP contribution < -0.4 is 15.1 Å². The molecule has 3 aromatic rings. The average molecular weight is 472 g/mol. The van der Waals surface area contributed by atoms with Crippen LogP contribution in [0.5, 0.6) is 0 Å². The van der Waals surface area contributed by atoms with Gasteiger partial charge in [0.2, 0.25) is 16.7 Å². The Hall–Kier alpha value is -3.58. The van der Waals surface area contributed by atoms with Gasteiger partial charge in [-0.05, 0) is 67.8 Å². The normalized spacial score (nSPS) is 19.1. The summed E-state index contributed by atoms with van der Waals surface area (Å²) in [4.78, 5) is 42.0. The van der Waals surface area contributed by atoms with E-state index in [9.17, 15) is 14.4 Å². The molecule has 2 aliphatic heterocycles. The van der Waals surface area contributed by atoms with E-state index in [0.717, 1.165) is 22.3 Å². The number of para-hydroxylation sites is 1. The lowest BCUT2D eigenvalue weighted by Crippen LogP contribution is -2.50. The fourth-order valence-corrected chi connectivity index (χ4v) is 6.00. The van der Waals surface area contributed by atoms with Crippen molar-refractivity contribution in [3.63, 3.8) is 0 Å². The predicted molar refractivity (Wildman–Crippen MR) is 136 cm³/mol. The number of hydrogen-bond acceptors (Lipinski definition) is 4. The molecule has 172 valence electrons. The van der Waals surface area contributed by atoms with Crippen LogP contribution in [0.2, 0.25) is 0 Å². The summed E-state index contributed by atoms with van der Waals surface area (Å²) < 4.78 is 0. The lowest BCUT2D eigenvalue weighted by atomic mass is 10.0. The van der Waals surface area contributed by atoms with Crippen molar-refractivity contribution in [1.82, 2.24) is 0 Å². The van der Waals surface area contributed by atoms with Gasteiger partial charge in [-0.1, -0.05) is 36.4 Å². The van der Waals surface area contributed by atoms with Gasteiger partial charge in [0.25, 0.3) is 5.91 Å². The Balaban J connectivity index is 1.53. The number of carbonyl (C=O) groups excluding carboxylic acids is 3. The smallest absolute Gasteiger partial charge is 0.269 e. The van der Waals surface area contributed by atoms with Crippen molar-refractivity contribution < 1.29 is 14.4 Å². The highest BCUT2D eigenvalue weighted by molar-refractivity contribution is 8.02. The lowest BCUT2D eigenvalue weighted by molar-refractivity contribution is -0.124. The van der Waals surface area contributed by atoms with Crippen LogP contribution in [0.1, 0.15) is 22.3 Å². The van der Waals surface area contributed by atoms with Gasteiger partial charge in [0.15, 0.2) is 0 Å². The first-order chi connectivity index (χ1) is 16.3. The molecule has 1 unspecified atom stereocenters. The van der Waals surface area contributed by atoms with Crippen LogP contribution in [0.3, 0.4) is 0 Å². The Morgan fingerprint density at radius 2 is 1.76 bits per heavy atom. The summed E-state index contributed by atoms with van der Waals surface area (Å²) in [5, 5.41) is 2.89. The number of anilines is 3. The summed E-state index contributed by atoms with van der Waals surface area (Å²) in [7, 11) is 0. The van der Waals surface area contributed by atoms with Crippen LogP contribution in [0.4, 0.5) is 17.1 Å². The van der Waals surface area contributed by atoms with Crippen molar-refractivity contribution in [2.24, 2.45) is 0 Å². The van der Waals surface area contributed by atoms with Crippen molar-refractivity contribution in [1.29, 1.82) is 0 Å². The molecule has 1 spiro atoms. The Bertz CT molecular complexity index is 1340. The fraction of sp³-hybridized carbons (Fsp3) is 0.222. The van der Waals surface area contributed by atoms with E-state index < -0.39 is 4.87 Å². The van der Waals surface area contributed by atoms with E-state index in [2.05, 4.69) is 5.32 Å².